The predicted octanol–water partition coefficient (Wildman–Crippen LogP) is 0.706. The molecule has 0 saturated carbocycles. The van der Waals surface area contributed by atoms with Crippen molar-refractivity contribution in [2.45, 2.75) is 20.8 Å². The van der Waals surface area contributed by atoms with Gasteiger partial charge in [0.15, 0.2) is 0 Å². The molecule has 2 nitrogen and oxygen atoms in total. The molecular weight excluding hydrogens is 276 g/mol. The molecule has 3 heteroatoms. The van der Waals surface area contributed by atoms with E-state index in [-0.39, 0.29) is 5.41 Å². The summed E-state index contributed by atoms with van der Waals surface area (Å²) in [6.45, 7) is 5.75. The van der Waals surface area contributed by atoms with Crippen LogP contribution in [0.5, 0.6) is 0 Å². The summed E-state index contributed by atoms with van der Waals surface area (Å²) in [7, 11) is 0. The average molecular weight is 287 g/mol. The van der Waals surface area contributed by atoms with Crippen LogP contribution in [-0.2, 0) is 20.6 Å². The van der Waals surface area contributed by atoms with Gasteiger partial charge in [0.1, 0.15) is 0 Å². The molecule has 0 aromatic carbocycles. The van der Waals surface area contributed by atoms with Crippen molar-refractivity contribution in [1.82, 2.24) is 0 Å². The van der Waals surface area contributed by atoms with Gasteiger partial charge in [-0.2, -0.15) is 0 Å². The minimum absolute atomic E-state index is 0.0791. The Kier molecular flexibility index (Phi) is 2.85. The van der Waals surface area contributed by atoms with Crippen LogP contribution in [0.1, 0.15) is 20.8 Å². The van der Waals surface area contributed by atoms with Gasteiger partial charge in [0.25, 0.3) is 0 Å². The normalized spacial score (nSPS) is 14.2. The quantitative estimate of drug-likeness (QED) is 0.712. The zero-order valence-electron chi connectivity index (χ0n) is 5.34. The third kappa shape index (κ3) is 6.32. The van der Waals surface area contributed by atoms with E-state index in [1.165, 1.54) is 0 Å². The van der Waals surface area contributed by atoms with E-state index >= 15 is 0 Å². The van der Waals surface area contributed by atoms with Crippen LogP contribution in [0.25, 0.3) is 0 Å². The van der Waals surface area contributed by atoms with Gasteiger partial charge in [-0.25, -0.2) is 0 Å². The first-order chi connectivity index (χ1) is 3.42. The Morgan fingerprint density at radius 1 is 1.50 bits per heavy atom. The van der Waals surface area contributed by atoms with E-state index in [9.17, 15) is 3.40 Å². The van der Waals surface area contributed by atoms with E-state index < -0.39 is 17.2 Å². The summed E-state index contributed by atoms with van der Waals surface area (Å²) in [4.78, 5) is 0. The van der Waals surface area contributed by atoms with Gasteiger partial charge >= 0.3 is 54.9 Å². The third-order valence-corrected chi connectivity index (χ3v) is 3.72. The molecule has 0 aliphatic rings. The van der Waals surface area contributed by atoms with Gasteiger partial charge < -0.3 is 0 Å². The molecule has 0 saturated heterocycles. The summed E-state index contributed by atoms with van der Waals surface area (Å²) >= 11 is -3.13. The molecule has 49 valence electrons. The first-order valence-corrected chi connectivity index (χ1v) is 6.58. The molecule has 0 atom stereocenters. The molecular formula is C5H11O2W. The molecule has 8 heavy (non-hydrogen) atoms. The van der Waals surface area contributed by atoms with Crippen molar-refractivity contribution in [3.05, 3.63) is 0 Å². The van der Waals surface area contributed by atoms with Gasteiger partial charge in [-0.15, -0.1) is 0 Å². The maximum absolute atomic E-state index is 10.2. The monoisotopic (exact) mass is 287 g/mol. The number of hydrogen-bond acceptors (Lipinski definition) is 1. The summed E-state index contributed by atoms with van der Waals surface area (Å²) in [5, 5.41) is 0. The molecule has 0 aromatic rings. The zero-order valence-corrected chi connectivity index (χ0v) is 8.27. The standard InChI is InChI=1S/C5H10.H2O.O.W/c1-5(2,3)4;;;/h1H,2-4H3;1H2;;/q;;;+1/p-1. The summed E-state index contributed by atoms with van der Waals surface area (Å²) in [6, 6.07) is 0. The number of rotatable bonds is 0. The Labute approximate surface area is 55.4 Å². The van der Waals surface area contributed by atoms with Crippen molar-refractivity contribution in [2.75, 3.05) is 0 Å². The second-order valence-corrected chi connectivity index (χ2v) is 5.59. The molecule has 1 N–H and O–H groups in total. The van der Waals surface area contributed by atoms with Crippen molar-refractivity contribution < 1.29 is 24.4 Å². The predicted molar refractivity (Wildman–Crippen MR) is 28.4 cm³/mol. The molecule has 0 spiro atoms. The molecule has 0 radical (unpaired) electrons. The van der Waals surface area contributed by atoms with Crippen LogP contribution < -0.4 is 0 Å². The van der Waals surface area contributed by atoms with Crippen LogP contribution >= 0.6 is 0 Å². The van der Waals surface area contributed by atoms with E-state index in [4.69, 9.17) is 3.76 Å². The SMILES string of the molecule is CC(C)(C)/[CH]=[W](=[O])/[OH]. The van der Waals surface area contributed by atoms with Gasteiger partial charge in [0.05, 0.1) is 0 Å². The molecule has 0 bridgehead atoms. The minimum atomic E-state index is -3.13. The summed E-state index contributed by atoms with van der Waals surface area (Å²) in [5.74, 6) is 0. The summed E-state index contributed by atoms with van der Waals surface area (Å²) in [6.07, 6.45) is 0. The van der Waals surface area contributed by atoms with Crippen molar-refractivity contribution in [3.63, 3.8) is 0 Å². The first kappa shape index (κ1) is 8.32. The van der Waals surface area contributed by atoms with Gasteiger partial charge in [0, 0.05) is 0 Å². The second kappa shape index (κ2) is 2.74. The Hall–Kier alpha value is 0.318. The van der Waals surface area contributed by atoms with E-state index in [0.29, 0.717) is 0 Å². The Morgan fingerprint density at radius 2 is 1.88 bits per heavy atom. The van der Waals surface area contributed by atoms with Gasteiger partial charge in [-0.1, -0.05) is 0 Å². The van der Waals surface area contributed by atoms with Crippen molar-refractivity contribution >= 4 is 4.40 Å². The molecule has 0 amide bonds. The molecule has 0 rings (SSSR count). The zero-order chi connectivity index (χ0) is 6.78. The Balaban J connectivity index is 4.10. The van der Waals surface area contributed by atoms with Crippen LogP contribution in [0, 0.1) is 5.41 Å². The number of hydrogen-bond donors (Lipinski definition) is 1. The first-order valence-electron chi connectivity index (χ1n) is 2.37. The van der Waals surface area contributed by atoms with Crippen LogP contribution in [0.15, 0.2) is 0 Å². The van der Waals surface area contributed by atoms with E-state index in [1.54, 1.807) is 4.40 Å². The van der Waals surface area contributed by atoms with E-state index in [2.05, 4.69) is 0 Å². The fraction of sp³-hybridized carbons (Fsp3) is 0.800. The van der Waals surface area contributed by atoms with Gasteiger partial charge in [-0.3, -0.25) is 0 Å². The van der Waals surface area contributed by atoms with Crippen molar-refractivity contribution in [1.29, 1.82) is 0 Å². The third-order valence-electron chi connectivity index (χ3n) is 0.454. The second-order valence-electron chi connectivity index (χ2n) is 2.76. The molecule has 0 fully saturated rings. The van der Waals surface area contributed by atoms with E-state index in [1.807, 2.05) is 20.8 Å². The van der Waals surface area contributed by atoms with Crippen LogP contribution in [0.2, 0.25) is 0 Å². The van der Waals surface area contributed by atoms with Crippen molar-refractivity contribution in [2.24, 2.45) is 5.41 Å². The Bertz CT molecular complexity index is 137. The van der Waals surface area contributed by atoms with Crippen LogP contribution in [0.3, 0.4) is 0 Å². The maximum atomic E-state index is 10.2. The van der Waals surface area contributed by atoms with Crippen LogP contribution in [-0.4, -0.2) is 8.16 Å². The summed E-state index contributed by atoms with van der Waals surface area (Å²) < 4.78 is 20.3. The van der Waals surface area contributed by atoms with Gasteiger partial charge in [-0.05, 0) is 0 Å². The van der Waals surface area contributed by atoms with E-state index in [0.717, 1.165) is 0 Å². The molecule has 0 aromatic heterocycles. The fourth-order valence-corrected chi connectivity index (χ4v) is 2.48. The Morgan fingerprint density at radius 3 is 1.88 bits per heavy atom. The van der Waals surface area contributed by atoms with Crippen LogP contribution in [0.4, 0.5) is 0 Å². The average Bonchev–Trinajstić information content (AvgIpc) is 1.21. The molecule has 0 aliphatic carbocycles. The van der Waals surface area contributed by atoms with Crippen molar-refractivity contribution in [3.8, 4) is 0 Å². The fourth-order valence-electron chi connectivity index (χ4n) is 0.302. The molecule has 0 unspecified atom stereocenters. The molecule has 0 aliphatic heterocycles. The van der Waals surface area contributed by atoms with Gasteiger partial charge in [0.2, 0.25) is 0 Å². The molecule has 0 heterocycles. The summed E-state index contributed by atoms with van der Waals surface area (Å²) in [5.41, 5.74) is -0.0791. The topological polar surface area (TPSA) is 37.3 Å².